The quantitative estimate of drug-likeness (QED) is 0.623. The molecule has 0 radical (unpaired) electrons. The summed E-state index contributed by atoms with van der Waals surface area (Å²) < 4.78 is 12.4. The summed E-state index contributed by atoms with van der Waals surface area (Å²) >= 11 is 0. The van der Waals surface area contributed by atoms with Crippen LogP contribution in [0.2, 0.25) is 0 Å². The molecular weight excluding hydrogens is 306 g/mol. The Morgan fingerprint density at radius 1 is 1.33 bits per heavy atom. The lowest BCUT2D eigenvalue weighted by Gasteiger charge is -2.19. The zero-order chi connectivity index (χ0) is 17.7. The van der Waals surface area contributed by atoms with Gasteiger partial charge in [-0.05, 0) is 36.6 Å². The van der Waals surface area contributed by atoms with E-state index in [2.05, 4.69) is 10.4 Å². The average molecular weight is 331 g/mol. The van der Waals surface area contributed by atoms with Gasteiger partial charge in [0, 0.05) is 33.8 Å². The number of methoxy groups -OCH3 is 1. The van der Waals surface area contributed by atoms with Crippen molar-refractivity contribution in [2.24, 2.45) is 7.05 Å². The van der Waals surface area contributed by atoms with Gasteiger partial charge in [0.1, 0.15) is 5.75 Å². The van der Waals surface area contributed by atoms with Crippen molar-refractivity contribution >= 4 is 5.97 Å². The Hall–Kier alpha value is -2.18. The number of benzene rings is 1. The van der Waals surface area contributed by atoms with Gasteiger partial charge in [-0.15, -0.1) is 0 Å². The van der Waals surface area contributed by atoms with Crippen molar-refractivity contribution in [1.29, 1.82) is 0 Å². The van der Waals surface area contributed by atoms with Crippen LogP contribution in [0.4, 0.5) is 0 Å². The number of hydrogen-bond acceptors (Lipinski definition) is 5. The van der Waals surface area contributed by atoms with Crippen LogP contribution in [-0.2, 0) is 23.1 Å². The molecule has 2 rings (SSSR count). The summed E-state index contributed by atoms with van der Waals surface area (Å²) in [6.07, 6.45) is 1.78. The van der Waals surface area contributed by atoms with Crippen LogP contribution in [-0.4, -0.2) is 29.5 Å². The van der Waals surface area contributed by atoms with E-state index in [1.54, 1.807) is 13.3 Å². The lowest BCUT2D eigenvalue weighted by Crippen LogP contribution is -2.27. The summed E-state index contributed by atoms with van der Waals surface area (Å²) in [6, 6.07) is 6.10. The van der Waals surface area contributed by atoms with Crippen molar-refractivity contribution in [3.63, 3.8) is 0 Å². The van der Waals surface area contributed by atoms with Gasteiger partial charge in [0.25, 0.3) is 0 Å². The third-order valence-electron chi connectivity index (χ3n) is 3.87. The highest BCUT2D eigenvalue weighted by molar-refractivity contribution is 5.70. The van der Waals surface area contributed by atoms with Gasteiger partial charge in [0.05, 0.1) is 18.3 Å². The second kappa shape index (κ2) is 8.08. The van der Waals surface area contributed by atoms with Gasteiger partial charge in [-0.1, -0.05) is 12.1 Å². The summed E-state index contributed by atoms with van der Waals surface area (Å²) in [6.45, 7) is 6.55. The number of hydrogen-bond donors (Lipinski definition) is 1. The van der Waals surface area contributed by atoms with E-state index in [1.807, 2.05) is 43.8 Å². The summed E-state index contributed by atoms with van der Waals surface area (Å²) in [5.74, 6) is 0.342. The normalized spacial score (nSPS) is 12.2. The zero-order valence-electron chi connectivity index (χ0n) is 14.9. The molecule has 1 aromatic carbocycles. The molecule has 0 spiro atoms. The zero-order valence-corrected chi connectivity index (χ0v) is 14.9. The SMILES string of the molecule is COC[C@@H](NCc1cc(C)c(OC(C)=O)c(C)c1)c1ccnn1C. The molecule has 0 aliphatic carbocycles. The molecule has 1 atom stereocenters. The molecule has 2 aromatic rings. The van der Waals surface area contributed by atoms with E-state index in [-0.39, 0.29) is 12.0 Å². The minimum Gasteiger partial charge on any atom is -0.426 e. The molecule has 130 valence electrons. The van der Waals surface area contributed by atoms with E-state index < -0.39 is 0 Å². The first-order valence-corrected chi connectivity index (χ1v) is 7.91. The van der Waals surface area contributed by atoms with Crippen LogP contribution < -0.4 is 10.1 Å². The number of aryl methyl sites for hydroxylation is 3. The number of nitrogens with zero attached hydrogens (tertiary/aromatic N) is 2. The number of carbonyl (C=O) groups excluding carboxylic acids is 1. The molecule has 0 fully saturated rings. The second-order valence-corrected chi connectivity index (χ2v) is 5.92. The fourth-order valence-corrected chi connectivity index (χ4v) is 2.83. The Balaban J connectivity index is 2.12. The molecule has 0 saturated heterocycles. The van der Waals surface area contributed by atoms with Crippen molar-refractivity contribution in [3.8, 4) is 5.75 Å². The molecule has 1 heterocycles. The monoisotopic (exact) mass is 331 g/mol. The second-order valence-electron chi connectivity index (χ2n) is 5.92. The van der Waals surface area contributed by atoms with Crippen molar-refractivity contribution in [2.75, 3.05) is 13.7 Å². The number of ether oxygens (including phenoxy) is 2. The summed E-state index contributed by atoms with van der Waals surface area (Å²) in [5.41, 5.74) is 4.10. The molecule has 0 aliphatic heterocycles. The highest BCUT2D eigenvalue weighted by Gasteiger charge is 2.15. The van der Waals surface area contributed by atoms with Crippen LogP contribution in [0.25, 0.3) is 0 Å². The van der Waals surface area contributed by atoms with Crippen LogP contribution in [0, 0.1) is 13.8 Å². The molecule has 0 amide bonds. The van der Waals surface area contributed by atoms with E-state index in [9.17, 15) is 4.79 Å². The average Bonchev–Trinajstić information content (AvgIpc) is 2.93. The first-order valence-electron chi connectivity index (χ1n) is 7.91. The van der Waals surface area contributed by atoms with Gasteiger partial charge in [-0.3, -0.25) is 9.48 Å². The predicted molar refractivity (Wildman–Crippen MR) is 91.9 cm³/mol. The molecule has 6 heteroatoms. The third-order valence-corrected chi connectivity index (χ3v) is 3.87. The topological polar surface area (TPSA) is 65.4 Å². The van der Waals surface area contributed by atoms with Crippen molar-refractivity contribution in [1.82, 2.24) is 15.1 Å². The number of rotatable bonds is 7. The van der Waals surface area contributed by atoms with E-state index in [0.717, 1.165) is 22.4 Å². The number of esters is 1. The molecule has 6 nitrogen and oxygen atoms in total. The Bertz CT molecular complexity index is 686. The van der Waals surface area contributed by atoms with Gasteiger partial charge in [0.2, 0.25) is 0 Å². The number of nitrogens with one attached hydrogen (secondary N) is 1. The van der Waals surface area contributed by atoms with Crippen LogP contribution >= 0.6 is 0 Å². The highest BCUT2D eigenvalue weighted by atomic mass is 16.5. The molecule has 0 unspecified atom stereocenters. The summed E-state index contributed by atoms with van der Waals surface area (Å²) in [7, 11) is 3.61. The minimum atomic E-state index is -0.302. The third kappa shape index (κ3) is 4.43. The molecule has 0 saturated carbocycles. The van der Waals surface area contributed by atoms with Crippen LogP contribution in [0.5, 0.6) is 5.75 Å². The van der Waals surface area contributed by atoms with Gasteiger partial charge >= 0.3 is 5.97 Å². The number of carbonyl (C=O) groups is 1. The highest BCUT2D eigenvalue weighted by Crippen LogP contribution is 2.25. The van der Waals surface area contributed by atoms with Gasteiger partial charge in [-0.2, -0.15) is 5.10 Å². The van der Waals surface area contributed by atoms with E-state index in [4.69, 9.17) is 9.47 Å². The maximum atomic E-state index is 11.2. The van der Waals surface area contributed by atoms with E-state index in [1.165, 1.54) is 6.92 Å². The molecule has 0 aliphatic rings. The van der Waals surface area contributed by atoms with Crippen LogP contribution in [0.1, 0.15) is 35.3 Å². The smallest absolute Gasteiger partial charge is 0.308 e. The van der Waals surface area contributed by atoms with Crippen LogP contribution in [0.3, 0.4) is 0 Å². The maximum Gasteiger partial charge on any atom is 0.308 e. The predicted octanol–water partition coefficient (Wildman–Crippen LogP) is 2.44. The first-order chi connectivity index (χ1) is 11.4. The minimum absolute atomic E-state index is 0.0521. The van der Waals surface area contributed by atoms with E-state index >= 15 is 0 Å². The Morgan fingerprint density at radius 2 is 2.00 bits per heavy atom. The first kappa shape index (κ1) is 18.2. The Labute approximate surface area is 142 Å². The lowest BCUT2D eigenvalue weighted by molar-refractivity contribution is -0.131. The van der Waals surface area contributed by atoms with Crippen molar-refractivity contribution in [2.45, 2.75) is 33.4 Å². The van der Waals surface area contributed by atoms with E-state index in [0.29, 0.717) is 18.9 Å². The standard InChI is InChI=1S/C18H25N3O3/c1-12-8-15(9-13(2)18(12)24-14(3)22)10-19-16(11-23-5)17-6-7-20-21(17)4/h6-9,16,19H,10-11H2,1-5H3/t16-/m1/s1. The van der Waals surface area contributed by atoms with Crippen LogP contribution in [0.15, 0.2) is 24.4 Å². The largest absolute Gasteiger partial charge is 0.426 e. The number of aromatic nitrogens is 2. The van der Waals surface area contributed by atoms with Gasteiger partial charge < -0.3 is 14.8 Å². The van der Waals surface area contributed by atoms with Crippen molar-refractivity contribution < 1.29 is 14.3 Å². The van der Waals surface area contributed by atoms with Crippen molar-refractivity contribution in [3.05, 3.63) is 46.8 Å². The summed E-state index contributed by atoms with van der Waals surface area (Å²) in [4.78, 5) is 11.2. The molecular formula is C18H25N3O3. The summed E-state index contributed by atoms with van der Waals surface area (Å²) in [5, 5.41) is 7.72. The molecule has 24 heavy (non-hydrogen) atoms. The Kier molecular flexibility index (Phi) is 6.11. The lowest BCUT2D eigenvalue weighted by atomic mass is 10.0. The molecule has 1 N–H and O–H groups in total. The van der Waals surface area contributed by atoms with Gasteiger partial charge in [-0.25, -0.2) is 0 Å². The Morgan fingerprint density at radius 3 is 2.50 bits per heavy atom. The fourth-order valence-electron chi connectivity index (χ4n) is 2.83. The molecule has 1 aromatic heterocycles. The fraction of sp³-hybridized carbons (Fsp3) is 0.444. The maximum absolute atomic E-state index is 11.2. The molecule has 0 bridgehead atoms. The van der Waals surface area contributed by atoms with Gasteiger partial charge in [0.15, 0.2) is 0 Å².